The highest BCUT2D eigenvalue weighted by Gasteiger charge is 2.12. The lowest BCUT2D eigenvalue weighted by molar-refractivity contribution is 0.628. The van der Waals surface area contributed by atoms with Crippen LogP contribution in [0.5, 0.6) is 0 Å². The Labute approximate surface area is 163 Å². The number of hydrogen-bond acceptors (Lipinski definition) is 5. The first kappa shape index (κ1) is 17.5. The first-order valence-corrected chi connectivity index (χ1v) is 9.40. The first-order chi connectivity index (χ1) is 13.0. The monoisotopic (exact) mass is 398 g/mol. The molecular formula is C18H15FN6S2. The Balaban J connectivity index is 1.73. The Morgan fingerprint density at radius 1 is 1.26 bits per heavy atom. The number of benzene rings is 1. The molecule has 0 aliphatic rings. The Morgan fingerprint density at radius 2 is 2.04 bits per heavy atom. The number of nitrogens with zero attached hydrogens (tertiary/aromatic N) is 5. The molecule has 136 valence electrons. The highest BCUT2D eigenvalue weighted by atomic mass is 32.1. The van der Waals surface area contributed by atoms with Crippen molar-refractivity contribution in [2.24, 2.45) is 5.10 Å². The van der Waals surface area contributed by atoms with Crippen LogP contribution in [0.3, 0.4) is 0 Å². The molecule has 4 aromatic rings. The minimum absolute atomic E-state index is 0.308. The maximum atomic E-state index is 13.2. The normalized spacial score (nSPS) is 11.5. The Morgan fingerprint density at radius 3 is 2.74 bits per heavy atom. The molecule has 0 aliphatic carbocycles. The molecule has 6 nitrogen and oxygen atoms in total. The number of nitrogens with one attached hydrogen (secondary N) is 1. The molecule has 3 heterocycles. The molecule has 1 aromatic carbocycles. The average molecular weight is 398 g/mol. The SMILES string of the molecule is Cc1cc(/C=N\n2c(-c3ccc(F)cc3)n[nH]c2=S)c(C)n1-c1nccs1. The molecule has 0 spiro atoms. The van der Waals surface area contributed by atoms with Gasteiger partial charge in [-0.25, -0.2) is 14.5 Å². The summed E-state index contributed by atoms with van der Waals surface area (Å²) in [6, 6.07) is 8.08. The first-order valence-electron chi connectivity index (χ1n) is 8.11. The fraction of sp³-hybridized carbons (Fsp3) is 0.111. The van der Waals surface area contributed by atoms with Gasteiger partial charge in [0.15, 0.2) is 11.0 Å². The van der Waals surface area contributed by atoms with E-state index in [0.29, 0.717) is 16.2 Å². The molecule has 0 saturated carbocycles. The second kappa shape index (κ2) is 7.01. The van der Waals surface area contributed by atoms with Crippen LogP contribution in [0.15, 0.2) is 47.0 Å². The fourth-order valence-electron chi connectivity index (χ4n) is 2.84. The fourth-order valence-corrected chi connectivity index (χ4v) is 3.77. The number of hydrogen-bond donors (Lipinski definition) is 1. The highest BCUT2D eigenvalue weighted by Crippen LogP contribution is 2.22. The van der Waals surface area contributed by atoms with Crippen LogP contribution < -0.4 is 0 Å². The second-order valence-corrected chi connectivity index (χ2v) is 7.15. The lowest BCUT2D eigenvalue weighted by atomic mass is 10.2. The second-order valence-electron chi connectivity index (χ2n) is 5.89. The van der Waals surface area contributed by atoms with Crippen LogP contribution in [0.2, 0.25) is 0 Å². The number of halogens is 1. The van der Waals surface area contributed by atoms with Crippen LogP contribution in [0.4, 0.5) is 4.39 Å². The van der Waals surface area contributed by atoms with Crippen LogP contribution in [-0.4, -0.2) is 30.6 Å². The molecule has 27 heavy (non-hydrogen) atoms. The van der Waals surface area contributed by atoms with Gasteiger partial charge in [-0.3, -0.25) is 4.57 Å². The molecule has 0 saturated heterocycles. The van der Waals surface area contributed by atoms with Crippen LogP contribution in [0.25, 0.3) is 16.5 Å². The number of aromatic nitrogens is 5. The van der Waals surface area contributed by atoms with Gasteiger partial charge in [0.25, 0.3) is 0 Å². The summed E-state index contributed by atoms with van der Waals surface area (Å²) in [4.78, 5) is 4.38. The van der Waals surface area contributed by atoms with Gasteiger partial charge in [0, 0.05) is 34.1 Å². The summed E-state index contributed by atoms with van der Waals surface area (Å²) in [5.41, 5.74) is 3.77. The summed E-state index contributed by atoms with van der Waals surface area (Å²) in [6.07, 6.45) is 3.52. The van der Waals surface area contributed by atoms with E-state index in [1.807, 2.05) is 25.3 Å². The van der Waals surface area contributed by atoms with Crippen molar-refractivity contribution in [1.29, 1.82) is 0 Å². The molecule has 0 aliphatic heterocycles. The highest BCUT2D eigenvalue weighted by molar-refractivity contribution is 7.71. The van der Waals surface area contributed by atoms with Crippen molar-refractivity contribution in [3.05, 3.63) is 69.4 Å². The third-order valence-electron chi connectivity index (χ3n) is 4.15. The third kappa shape index (κ3) is 3.26. The zero-order chi connectivity index (χ0) is 19.0. The number of aromatic amines is 1. The van der Waals surface area contributed by atoms with E-state index in [1.165, 1.54) is 16.8 Å². The number of rotatable bonds is 4. The quantitative estimate of drug-likeness (QED) is 0.407. The van der Waals surface area contributed by atoms with E-state index in [0.717, 1.165) is 22.1 Å². The molecule has 1 N–H and O–H groups in total. The predicted molar refractivity (Wildman–Crippen MR) is 107 cm³/mol. The van der Waals surface area contributed by atoms with Gasteiger partial charge < -0.3 is 0 Å². The van der Waals surface area contributed by atoms with E-state index < -0.39 is 0 Å². The van der Waals surface area contributed by atoms with Crippen LogP contribution in [0.1, 0.15) is 17.0 Å². The van der Waals surface area contributed by atoms with Crippen molar-refractivity contribution < 1.29 is 4.39 Å². The largest absolute Gasteiger partial charge is 0.294 e. The average Bonchev–Trinajstić information content (AvgIpc) is 3.35. The van der Waals surface area contributed by atoms with Crippen LogP contribution >= 0.6 is 23.6 Å². The lowest BCUT2D eigenvalue weighted by Crippen LogP contribution is -1.99. The Hall–Kier alpha value is -2.91. The Kier molecular flexibility index (Phi) is 4.54. The van der Waals surface area contributed by atoms with Gasteiger partial charge in [-0.2, -0.15) is 14.9 Å². The van der Waals surface area contributed by atoms with Crippen LogP contribution in [-0.2, 0) is 0 Å². The Bertz CT molecular complexity index is 1170. The molecule has 4 rings (SSSR count). The topological polar surface area (TPSA) is 63.8 Å². The standard InChI is InChI=1S/C18H15FN6S2/c1-11-9-14(12(2)24(11)18-20-7-8-27-18)10-21-25-16(22-23-17(25)26)13-3-5-15(19)6-4-13/h3-10H,1-2H3,(H,23,26)/b21-10-. The van der Waals surface area contributed by atoms with Gasteiger partial charge >= 0.3 is 0 Å². The van der Waals surface area contributed by atoms with Gasteiger partial charge in [0.05, 0.1) is 6.21 Å². The van der Waals surface area contributed by atoms with E-state index >= 15 is 0 Å². The maximum absolute atomic E-state index is 13.2. The van der Waals surface area contributed by atoms with Crippen molar-refractivity contribution in [1.82, 2.24) is 24.4 Å². The molecule has 9 heteroatoms. The molecule has 0 amide bonds. The van der Waals surface area contributed by atoms with E-state index in [4.69, 9.17) is 12.2 Å². The molecule has 0 unspecified atom stereocenters. The van der Waals surface area contributed by atoms with E-state index in [2.05, 4.69) is 24.8 Å². The molecule has 0 bridgehead atoms. The van der Waals surface area contributed by atoms with Crippen molar-refractivity contribution in [2.75, 3.05) is 0 Å². The van der Waals surface area contributed by atoms with Crippen LogP contribution in [0, 0.1) is 24.4 Å². The molecular weight excluding hydrogens is 383 g/mol. The zero-order valence-corrected chi connectivity index (χ0v) is 16.2. The minimum atomic E-state index is -0.308. The number of thiazole rings is 1. The molecule has 0 fully saturated rings. The summed E-state index contributed by atoms with van der Waals surface area (Å²) in [5.74, 6) is 0.211. The van der Waals surface area contributed by atoms with E-state index in [9.17, 15) is 4.39 Å². The summed E-state index contributed by atoms with van der Waals surface area (Å²) in [5, 5.41) is 14.3. The summed E-state index contributed by atoms with van der Waals surface area (Å²) >= 11 is 6.86. The van der Waals surface area contributed by atoms with Gasteiger partial charge in [-0.05, 0) is 56.4 Å². The van der Waals surface area contributed by atoms with Crippen molar-refractivity contribution in [2.45, 2.75) is 13.8 Å². The van der Waals surface area contributed by atoms with Gasteiger partial charge in [-0.15, -0.1) is 11.3 Å². The van der Waals surface area contributed by atoms with Crippen molar-refractivity contribution in [3.8, 4) is 16.5 Å². The minimum Gasteiger partial charge on any atom is -0.294 e. The summed E-state index contributed by atoms with van der Waals surface area (Å²) in [7, 11) is 0. The van der Waals surface area contributed by atoms with Crippen molar-refractivity contribution in [3.63, 3.8) is 0 Å². The molecule has 0 atom stereocenters. The summed E-state index contributed by atoms with van der Waals surface area (Å²) in [6.45, 7) is 4.05. The van der Waals surface area contributed by atoms with E-state index in [-0.39, 0.29) is 5.82 Å². The molecule has 0 radical (unpaired) electrons. The van der Waals surface area contributed by atoms with Gasteiger partial charge in [0.1, 0.15) is 5.82 Å². The zero-order valence-electron chi connectivity index (χ0n) is 14.5. The van der Waals surface area contributed by atoms with E-state index in [1.54, 1.807) is 35.9 Å². The van der Waals surface area contributed by atoms with Gasteiger partial charge in [0.2, 0.25) is 4.77 Å². The smallest absolute Gasteiger partial charge is 0.216 e. The third-order valence-corrected chi connectivity index (χ3v) is 5.17. The lowest BCUT2D eigenvalue weighted by Gasteiger charge is -2.04. The number of H-pyrrole nitrogens is 1. The van der Waals surface area contributed by atoms with Gasteiger partial charge in [-0.1, -0.05) is 0 Å². The molecule has 3 aromatic heterocycles. The summed E-state index contributed by atoms with van der Waals surface area (Å²) < 4.78 is 17.2. The maximum Gasteiger partial charge on any atom is 0.216 e. The van der Waals surface area contributed by atoms with Crippen molar-refractivity contribution >= 4 is 29.8 Å². The predicted octanol–water partition coefficient (Wildman–Crippen LogP) is 4.49. The number of aryl methyl sites for hydroxylation is 1.